The number of likely N-dealkylation sites (N-methyl/N-ethyl adjacent to an activating group) is 1. The molecule has 0 saturated carbocycles. The molecule has 1 unspecified atom stereocenters. The predicted molar refractivity (Wildman–Crippen MR) is 95.7 cm³/mol. The predicted octanol–water partition coefficient (Wildman–Crippen LogP) is 2.34. The monoisotopic (exact) mass is 358 g/mol. The number of aliphatic carboxylic acids is 1. The van der Waals surface area contributed by atoms with Crippen LogP contribution in [0.4, 0.5) is 0 Å². The van der Waals surface area contributed by atoms with Gasteiger partial charge in [0.1, 0.15) is 5.75 Å². The first-order valence-corrected chi connectivity index (χ1v) is 7.67. The van der Waals surface area contributed by atoms with Crippen molar-refractivity contribution in [3.8, 4) is 5.75 Å². The molecule has 0 aliphatic heterocycles. The number of rotatable bonds is 9. The van der Waals surface area contributed by atoms with Gasteiger partial charge in [-0.05, 0) is 30.7 Å². The van der Waals surface area contributed by atoms with E-state index in [0.717, 1.165) is 11.3 Å². The zero-order chi connectivity index (χ0) is 17.4. The average Bonchev–Trinajstić information content (AvgIpc) is 2.50. The fraction of sp³-hybridized carbons (Fsp3) is 0.529. The van der Waals surface area contributed by atoms with E-state index in [2.05, 4.69) is 5.32 Å². The van der Waals surface area contributed by atoms with E-state index in [9.17, 15) is 9.59 Å². The molecule has 1 rings (SSSR count). The van der Waals surface area contributed by atoms with Gasteiger partial charge in [0.25, 0.3) is 0 Å². The topological polar surface area (TPSA) is 78.9 Å². The van der Waals surface area contributed by atoms with Gasteiger partial charge >= 0.3 is 5.97 Å². The SMILES string of the molecule is COc1ccc(C(NC(=O)CN(C)CCC(=O)O)C(C)C)cc1.Cl. The molecule has 1 aromatic carbocycles. The van der Waals surface area contributed by atoms with Crippen molar-refractivity contribution >= 4 is 24.3 Å². The largest absolute Gasteiger partial charge is 0.497 e. The molecular formula is C17H27ClN2O4. The summed E-state index contributed by atoms with van der Waals surface area (Å²) < 4.78 is 5.15. The van der Waals surface area contributed by atoms with E-state index >= 15 is 0 Å². The summed E-state index contributed by atoms with van der Waals surface area (Å²) >= 11 is 0. The number of amides is 1. The summed E-state index contributed by atoms with van der Waals surface area (Å²) in [5, 5.41) is 11.7. The van der Waals surface area contributed by atoms with Gasteiger partial charge in [-0.15, -0.1) is 12.4 Å². The Morgan fingerprint density at radius 2 is 1.83 bits per heavy atom. The van der Waals surface area contributed by atoms with Crippen LogP contribution in [0, 0.1) is 5.92 Å². The van der Waals surface area contributed by atoms with Crippen LogP contribution in [-0.2, 0) is 9.59 Å². The number of ether oxygens (including phenoxy) is 1. The Labute approximate surface area is 149 Å². The molecule has 1 atom stereocenters. The van der Waals surface area contributed by atoms with Crippen molar-refractivity contribution in [1.82, 2.24) is 10.2 Å². The Hall–Kier alpha value is -1.79. The number of halogens is 1. The van der Waals surface area contributed by atoms with Gasteiger partial charge < -0.3 is 15.2 Å². The fourth-order valence-electron chi connectivity index (χ4n) is 2.28. The number of hydrogen-bond donors (Lipinski definition) is 2. The minimum atomic E-state index is -0.865. The van der Waals surface area contributed by atoms with Crippen molar-refractivity contribution in [2.24, 2.45) is 5.92 Å². The number of carbonyl (C=O) groups excluding carboxylic acids is 1. The first-order valence-electron chi connectivity index (χ1n) is 7.67. The second-order valence-electron chi connectivity index (χ2n) is 5.94. The highest BCUT2D eigenvalue weighted by Crippen LogP contribution is 2.23. The van der Waals surface area contributed by atoms with Gasteiger partial charge in [-0.1, -0.05) is 26.0 Å². The Balaban J connectivity index is 0.00000529. The third-order valence-electron chi connectivity index (χ3n) is 3.58. The zero-order valence-corrected chi connectivity index (χ0v) is 15.4. The van der Waals surface area contributed by atoms with E-state index in [1.54, 1.807) is 19.1 Å². The second kappa shape index (κ2) is 10.9. The van der Waals surface area contributed by atoms with Gasteiger partial charge in [0, 0.05) is 6.54 Å². The van der Waals surface area contributed by atoms with Gasteiger partial charge in [0.05, 0.1) is 26.1 Å². The lowest BCUT2D eigenvalue weighted by molar-refractivity contribution is -0.137. The van der Waals surface area contributed by atoms with E-state index in [1.165, 1.54) is 0 Å². The molecule has 0 heterocycles. The maximum atomic E-state index is 12.2. The van der Waals surface area contributed by atoms with Crippen LogP contribution >= 0.6 is 12.4 Å². The molecule has 0 bridgehead atoms. The van der Waals surface area contributed by atoms with Crippen molar-refractivity contribution in [1.29, 1.82) is 0 Å². The van der Waals surface area contributed by atoms with Crippen LogP contribution in [0.25, 0.3) is 0 Å². The molecule has 0 aliphatic rings. The summed E-state index contributed by atoms with van der Waals surface area (Å²) in [5.41, 5.74) is 1.02. The van der Waals surface area contributed by atoms with Crippen molar-refractivity contribution in [3.05, 3.63) is 29.8 Å². The maximum absolute atomic E-state index is 12.2. The lowest BCUT2D eigenvalue weighted by atomic mass is 9.96. The molecule has 0 saturated heterocycles. The smallest absolute Gasteiger partial charge is 0.304 e. The van der Waals surface area contributed by atoms with Crippen LogP contribution in [0.1, 0.15) is 31.9 Å². The van der Waals surface area contributed by atoms with Gasteiger partial charge in [0.2, 0.25) is 5.91 Å². The Kier molecular flexibility index (Phi) is 10.1. The number of benzene rings is 1. The Morgan fingerprint density at radius 3 is 2.29 bits per heavy atom. The van der Waals surface area contributed by atoms with E-state index in [0.29, 0.717) is 6.54 Å². The highest BCUT2D eigenvalue weighted by Gasteiger charge is 2.19. The number of nitrogens with one attached hydrogen (secondary N) is 1. The molecule has 0 spiro atoms. The minimum absolute atomic E-state index is 0. The summed E-state index contributed by atoms with van der Waals surface area (Å²) in [5.74, 6) is 0.0237. The van der Waals surface area contributed by atoms with Gasteiger partial charge in [0.15, 0.2) is 0 Å². The van der Waals surface area contributed by atoms with Crippen molar-refractivity contribution in [2.45, 2.75) is 26.3 Å². The third kappa shape index (κ3) is 7.66. The molecule has 6 nitrogen and oxygen atoms in total. The molecule has 0 aromatic heterocycles. The summed E-state index contributed by atoms with van der Waals surface area (Å²) in [6.07, 6.45) is 0.0237. The summed E-state index contributed by atoms with van der Waals surface area (Å²) in [7, 11) is 3.35. The molecule has 136 valence electrons. The lowest BCUT2D eigenvalue weighted by Crippen LogP contribution is -2.39. The summed E-state index contributed by atoms with van der Waals surface area (Å²) in [6.45, 7) is 4.61. The molecule has 1 aromatic rings. The van der Waals surface area contributed by atoms with E-state index in [4.69, 9.17) is 9.84 Å². The molecule has 24 heavy (non-hydrogen) atoms. The quantitative estimate of drug-likeness (QED) is 0.708. The second-order valence-corrected chi connectivity index (χ2v) is 5.94. The third-order valence-corrected chi connectivity index (χ3v) is 3.58. The molecule has 0 fully saturated rings. The zero-order valence-electron chi connectivity index (χ0n) is 14.6. The Morgan fingerprint density at radius 1 is 1.25 bits per heavy atom. The normalized spacial score (nSPS) is 11.8. The molecular weight excluding hydrogens is 332 g/mol. The minimum Gasteiger partial charge on any atom is -0.497 e. The Bertz CT molecular complexity index is 520. The maximum Gasteiger partial charge on any atom is 0.304 e. The van der Waals surface area contributed by atoms with Gasteiger partial charge in [-0.2, -0.15) is 0 Å². The van der Waals surface area contributed by atoms with Crippen molar-refractivity contribution in [2.75, 3.05) is 27.2 Å². The van der Waals surface area contributed by atoms with Gasteiger partial charge in [-0.3, -0.25) is 14.5 Å². The van der Waals surface area contributed by atoms with Crippen LogP contribution in [0.15, 0.2) is 24.3 Å². The van der Waals surface area contributed by atoms with Crippen LogP contribution in [0.5, 0.6) is 5.75 Å². The molecule has 0 radical (unpaired) electrons. The number of carboxylic acids is 1. The first-order chi connectivity index (χ1) is 10.8. The fourth-order valence-corrected chi connectivity index (χ4v) is 2.28. The molecule has 7 heteroatoms. The number of methoxy groups -OCH3 is 1. The van der Waals surface area contributed by atoms with E-state index in [1.807, 2.05) is 38.1 Å². The van der Waals surface area contributed by atoms with Crippen molar-refractivity contribution in [3.63, 3.8) is 0 Å². The van der Waals surface area contributed by atoms with E-state index in [-0.39, 0.29) is 43.2 Å². The summed E-state index contributed by atoms with van der Waals surface area (Å²) in [4.78, 5) is 24.4. The average molecular weight is 359 g/mol. The molecule has 2 N–H and O–H groups in total. The number of carbonyl (C=O) groups is 2. The highest BCUT2D eigenvalue weighted by molar-refractivity contribution is 5.85. The van der Waals surface area contributed by atoms with Crippen LogP contribution < -0.4 is 10.1 Å². The van der Waals surface area contributed by atoms with Crippen LogP contribution in [0.2, 0.25) is 0 Å². The molecule has 0 aliphatic carbocycles. The molecule has 1 amide bonds. The summed E-state index contributed by atoms with van der Waals surface area (Å²) in [6, 6.07) is 7.53. The highest BCUT2D eigenvalue weighted by atomic mass is 35.5. The van der Waals surface area contributed by atoms with Crippen LogP contribution in [0.3, 0.4) is 0 Å². The first kappa shape index (κ1) is 22.2. The lowest BCUT2D eigenvalue weighted by Gasteiger charge is -2.24. The van der Waals surface area contributed by atoms with Crippen molar-refractivity contribution < 1.29 is 19.4 Å². The van der Waals surface area contributed by atoms with Gasteiger partial charge in [-0.25, -0.2) is 0 Å². The van der Waals surface area contributed by atoms with E-state index < -0.39 is 5.97 Å². The number of hydrogen-bond acceptors (Lipinski definition) is 4. The number of carboxylic acid groups (broad SMARTS) is 1. The number of nitrogens with zero attached hydrogens (tertiary/aromatic N) is 1. The van der Waals surface area contributed by atoms with Crippen LogP contribution in [-0.4, -0.2) is 49.1 Å². The standard InChI is InChI=1S/C17H26N2O4.ClH/c1-12(2)17(13-5-7-14(23-4)8-6-13)18-15(20)11-19(3)10-9-16(21)22;/h5-8,12,17H,9-11H2,1-4H3,(H,18,20)(H,21,22);1H.